The molecule has 0 unspecified atom stereocenters. The van der Waals surface area contributed by atoms with Crippen LogP contribution in [0.1, 0.15) is 57.7 Å². The molecule has 1 saturated heterocycles. The lowest BCUT2D eigenvalue weighted by atomic mass is 9.86. The molecule has 5 nitrogen and oxygen atoms in total. The number of nitrogens with zero attached hydrogens (tertiary/aromatic N) is 1. The van der Waals surface area contributed by atoms with Crippen LogP contribution < -0.4 is 5.32 Å². The van der Waals surface area contributed by atoms with E-state index in [-0.39, 0.29) is 29.8 Å². The van der Waals surface area contributed by atoms with Crippen LogP contribution in [0.15, 0.2) is 24.3 Å². The fourth-order valence-electron chi connectivity index (χ4n) is 3.14. The molecular weight excluding hydrogens is 336 g/mol. The maximum Gasteiger partial charge on any atom is 0.224 e. The van der Waals surface area contributed by atoms with E-state index in [1.165, 1.54) is 16.1 Å². The zero-order valence-electron chi connectivity index (χ0n) is 15.9. The summed E-state index contributed by atoms with van der Waals surface area (Å²) in [6, 6.07) is 8.20. The largest absolute Gasteiger partial charge is 0.349 e. The van der Waals surface area contributed by atoms with Gasteiger partial charge in [-0.2, -0.15) is 0 Å². The molecule has 1 aliphatic rings. The van der Waals surface area contributed by atoms with Crippen molar-refractivity contribution in [1.82, 2.24) is 9.62 Å². The molecule has 2 rings (SSSR count). The number of amides is 1. The molecule has 0 aliphatic carbocycles. The Morgan fingerprint density at radius 3 is 2.36 bits per heavy atom. The number of rotatable bonds is 4. The van der Waals surface area contributed by atoms with Gasteiger partial charge in [-0.3, -0.25) is 4.79 Å². The minimum Gasteiger partial charge on any atom is -0.349 e. The van der Waals surface area contributed by atoms with Crippen LogP contribution in [0.5, 0.6) is 0 Å². The van der Waals surface area contributed by atoms with Gasteiger partial charge >= 0.3 is 0 Å². The normalized spacial score (nSPS) is 20.9. The first-order valence-corrected chi connectivity index (χ1v) is 10.7. The molecule has 6 heteroatoms. The molecule has 1 amide bonds. The van der Waals surface area contributed by atoms with E-state index in [1.54, 1.807) is 0 Å². The molecule has 0 saturated carbocycles. The lowest BCUT2D eigenvalue weighted by Crippen LogP contribution is -2.45. The van der Waals surface area contributed by atoms with E-state index in [0.717, 1.165) is 18.4 Å². The molecule has 1 aromatic carbocycles. The summed E-state index contributed by atoms with van der Waals surface area (Å²) in [5.74, 6) is -0.347. The maximum atomic E-state index is 12.5. The number of sulfonamides is 1. The van der Waals surface area contributed by atoms with E-state index in [2.05, 4.69) is 50.4 Å². The molecule has 1 fully saturated rings. The van der Waals surface area contributed by atoms with Crippen molar-refractivity contribution in [3.8, 4) is 0 Å². The smallest absolute Gasteiger partial charge is 0.224 e. The Kier molecular flexibility index (Phi) is 5.94. The van der Waals surface area contributed by atoms with Gasteiger partial charge in [0.25, 0.3) is 0 Å². The molecular formula is C19H30N2O3S. The SMILES string of the molecule is C[C@@H](NC(=O)[C@@H]1CCCN(S(C)(=O)=O)C1)c1ccc(C(C)(C)C)cc1. The number of hydrogen-bond donors (Lipinski definition) is 1. The number of hydrogen-bond acceptors (Lipinski definition) is 3. The average Bonchev–Trinajstić information content (AvgIpc) is 2.53. The topological polar surface area (TPSA) is 66.5 Å². The fourth-order valence-corrected chi connectivity index (χ4v) is 4.06. The van der Waals surface area contributed by atoms with Crippen molar-refractivity contribution < 1.29 is 13.2 Å². The second-order valence-corrected chi connectivity index (χ2v) is 10.0. The monoisotopic (exact) mass is 366 g/mol. The lowest BCUT2D eigenvalue weighted by Gasteiger charge is -2.31. The van der Waals surface area contributed by atoms with Crippen molar-refractivity contribution in [3.05, 3.63) is 35.4 Å². The zero-order valence-corrected chi connectivity index (χ0v) is 16.7. The summed E-state index contributed by atoms with van der Waals surface area (Å²) in [6.45, 7) is 9.26. The Bertz CT molecular complexity index is 705. The summed E-state index contributed by atoms with van der Waals surface area (Å²) in [6.07, 6.45) is 2.65. The molecule has 0 bridgehead atoms. The van der Waals surface area contributed by atoms with Gasteiger partial charge < -0.3 is 5.32 Å². The van der Waals surface area contributed by atoms with E-state index in [0.29, 0.717) is 6.54 Å². The van der Waals surface area contributed by atoms with E-state index in [1.807, 2.05) is 6.92 Å². The summed E-state index contributed by atoms with van der Waals surface area (Å²) >= 11 is 0. The minimum atomic E-state index is -3.24. The Labute approximate surface area is 151 Å². The Morgan fingerprint density at radius 2 is 1.84 bits per heavy atom. The standard InChI is InChI=1S/C19H30N2O3S/c1-14(15-8-10-17(11-9-15)19(2,3)4)20-18(22)16-7-6-12-21(13-16)25(5,23)24/h8-11,14,16H,6-7,12-13H2,1-5H3,(H,20,22)/t14-,16-/m1/s1. The van der Waals surface area contributed by atoms with Crippen LogP contribution in [0.3, 0.4) is 0 Å². The second kappa shape index (κ2) is 7.46. The number of benzene rings is 1. The summed E-state index contributed by atoms with van der Waals surface area (Å²) < 4.78 is 24.8. The highest BCUT2D eigenvalue weighted by molar-refractivity contribution is 7.88. The number of carbonyl (C=O) groups is 1. The molecule has 25 heavy (non-hydrogen) atoms. The highest BCUT2D eigenvalue weighted by Crippen LogP contribution is 2.25. The quantitative estimate of drug-likeness (QED) is 0.891. The molecule has 1 N–H and O–H groups in total. The third-order valence-corrected chi connectivity index (χ3v) is 6.13. The minimum absolute atomic E-state index is 0.0688. The van der Waals surface area contributed by atoms with Gasteiger partial charge in [-0.05, 0) is 36.3 Å². The zero-order chi connectivity index (χ0) is 18.8. The average molecular weight is 367 g/mol. The summed E-state index contributed by atoms with van der Waals surface area (Å²) in [4.78, 5) is 12.5. The van der Waals surface area contributed by atoms with Crippen LogP contribution in [0.4, 0.5) is 0 Å². The Hall–Kier alpha value is -1.40. The highest BCUT2D eigenvalue weighted by atomic mass is 32.2. The molecule has 1 heterocycles. The van der Waals surface area contributed by atoms with Crippen LogP contribution >= 0.6 is 0 Å². The van der Waals surface area contributed by atoms with Gasteiger partial charge in [-0.1, -0.05) is 45.0 Å². The van der Waals surface area contributed by atoms with Crippen LogP contribution in [0.25, 0.3) is 0 Å². The Morgan fingerprint density at radius 1 is 1.24 bits per heavy atom. The van der Waals surface area contributed by atoms with Crippen LogP contribution in [0.2, 0.25) is 0 Å². The van der Waals surface area contributed by atoms with Crippen molar-refractivity contribution in [2.75, 3.05) is 19.3 Å². The number of carbonyl (C=O) groups excluding carboxylic acids is 1. The summed E-state index contributed by atoms with van der Waals surface area (Å²) in [5.41, 5.74) is 2.41. The van der Waals surface area contributed by atoms with Gasteiger partial charge in [-0.25, -0.2) is 12.7 Å². The third kappa shape index (κ3) is 5.28. The van der Waals surface area contributed by atoms with E-state index < -0.39 is 10.0 Å². The molecule has 0 aromatic heterocycles. The second-order valence-electron chi connectivity index (χ2n) is 8.06. The van der Waals surface area contributed by atoms with Crippen molar-refractivity contribution in [2.24, 2.45) is 5.92 Å². The van der Waals surface area contributed by atoms with Gasteiger partial charge in [0, 0.05) is 13.1 Å². The first-order chi connectivity index (χ1) is 11.5. The number of piperidine rings is 1. The van der Waals surface area contributed by atoms with E-state index in [4.69, 9.17) is 0 Å². The van der Waals surface area contributed by atoms with Gasteiger partial charge in [0.2, 0.25) is 15.9 Å². The summed E-state index contributed by atoms with van der Waals surface area (Å²) in [5, 5.41) is 3.04. The predicted octanol–water partition coefficient (Wildman–Crippen LogP) is 2.83. The van der Waals surface area contributed by atoms with Gasteiger partial charge in [-0.15, -0.1) is 0 Å². The molecule has 0 spiro atoms. The van der Waals surface area contributed by atoms with Crippen molar-refractivity contribution in [2.45, 2.75) is 52.0 Å². The summed E-state index contributed by atoms with van der Waals surface area (Å²) in [7, 11) is -3.24. The van der Waals surface area contributed by atoms with Crippen molar-refractivity contribution in [3.63, 3.8) is 0 Å². The van der Waals surface area contributed by atoms with Gasteiger partial charge in [0.1, 0.15) is 0 Å². The maximum absolute atomic E-state index is 12.5. The van der Waals surface area contributed by atoms with Crippen molar-refractivity contribution >= 4 is 15.9 Å². The first kappa shape index (κ1) is 19.9. The molecule has 1 aromatic rings. The van der Waals surface area contributed by atoms with Crippen LogP contribution in [0, 0.1) is 5.92 Å². The lowest BCUT2D eigenvalue weighted by molar-refractivity contribution is -0.126. The highest BCUT2D eigenvalue weighted by Gasteiger charge is 2.30. The molecule has 0 radical (unpaired) electrons. The molecule has 2 atom stereocenters. The predicted molar refractivity (Wildman–Crippen MR) is 101 cm³/mol. The van der Waals surface area contributed by atoms with E-state index in [9.17, 15) is 13.2 Å². The van der Waals surface area contributed by atoms with Crippen LogP contribution in [-0.2, 0) is 20.2 Å². The van der Waals surface area contributed by atoms with E-state index >= 15 is 0 Å². The molecule has 140 valence electrons. The first-order valence-electron chi connectivity index (χ1n) is 8.84. The van der Waals surface area contributed by atoms with Gasteiger partial charge in [0.15, 0.2) is 0 Å². The number of nitrogens with one attached hydrogen (secondary N) is 1. The molecule has 1 aliphatic heterocycles. The van der Waals surface area contributed by atoms with Crippen molar-refractivity contribution in [1.29, 1.82) is 0 Å². The third-order valence-electron chi connectivity index (χ3n) is 4.86. The Balaban J connectivity index is 2.00. The van der Waals surface area contributed by atoms with Gasteiger partial charge in [0.05, 0.1) is 18.2 Å². The fraction of sp³-hybridized carbons (Fsp3) is 0.632. The van der Waals surface area contributed by atoms with Crippen LogP contribution in [-0.4, -0.2) is 38.0 Å².